The van der Waals surface area contributed by atoms with Crippen molar-refractivity contribution < 1.29 is 4.79 Å². The molecule has 1 heterocycles. The second-order valence-corrected chi connectivity index (χ2v) is 5.92. The summed E-state index contributed by atoms with van der Waals surface area (Å²) in [5.74, 6) is 0.221. The first-order valence-corrected chi connectivity index (χ1v) is 7.00. The van der Waals surface area contributed by atoms with E-state index in [1.165, 1.54) is 4.88 Å². The molecule has 1 aliphatic rings. The number of nitrogens with one attached hydrogen (secondary N) is 1. The molecule has 1 N–H and O–H groups in total. The van der Waals surface area contributed by atoms with Gasteiger partial charge in [0.2, 0.25) is 5.91 Å². The molecule has 0 aliphatic heterocycles. The van der Waals surface area contributed by atoms with Gasteiger partial charge in [-0.1, -0.05) is 6.07 Å². The summed E-state index contributed by atoms with van der Waals surface area (Å²) in [6.07, 6.45) is 3.03. The molecule has 1 fully saturated rings. The van der Waals surface area contributed by atoms with Crippen LogP contribution in [0.25, 0.3) is 0 Å². The first-order valence-electron chi connectivity index (χ1n) is 6.12. The van der Waals surface area contributed by atoms with Crippen molar-refractivity contribution in [3.63, 3.8) is 0 Å². The van der Waals surface area contributed by atoms with Gasteiger partial charge < -0.3 is 10.2 Å². The van der Waals surface area contributed by atoms with E-state index in [4.69, 9.17) is 0 Å². The summed E-state index contributed by atoms with van der Waals surface area (Å²) in [6.45, 7) is 1.80. The predicted octanol–water partition coefficient (Wildman–Crippen LogP) is 1.85. The van der Waals surface area contributed by atoms with E-state index in [2.05, 4.69) is 35.8 Å². The van der Waals surface area contributed by atoms with E-state index in [0.717, 1.165) is 32.4 Å². The fourth-order valence-corrected chi connectivity index (χ4v) is 3.01. The molecule has 4 heteroatoms. The quantitative estimate of drug-likeness (QED) is 0.784. The van der Waals surface area contributed by atoms with E-state index in [-0.39, 0.29) is 11.3 Å². The summed E-state index contributed by atoms with van der Waals surface area (Å²) >= 11 is 1.70. The van der Waals surface area contributed by atoms with Gasteiger partial charge in [-0.15, -0.1) is 11.3 Å². The van der Waals surface area contributed by atoms with Gasteiger partial charge in [0.05, 0.1) is 5.41 Å². The van der Waals surface area contributed by atoms with E-state index in [0.29, 0.717) is 0 Å². The van der Waals surface area contributed by atoms with Crippen molar-refractivity contribution in [1.82, 2.24) is 10.2 Å². The van der Waals surface area contributed by atoms with Crippen molar-refractivity contribution in [2.24, 2.45) is 0 Å². The summed E-state index contributed by atoms with van der Waals surface area (Å²) in [7, 11) is 4.10. The largest absolute Gasteiger partial charge is 0.355 e. The maximum atomic E-state index is 12.2. The summed E-state index contributed by atoms with van der Waals surface area (Å²) in [6, 6.07) is 4.11. The summed E-state index contributed by atoms with van der Waals surface area (Å²) < 4.78 is 0. The van der Waals surface area contributed by atoms with Crippen LogP contribution in [0.2, 0.25) is 0 Å². The number of carbonyl (C=O) groups is 1. The second-order valence-electron chi connectivity index (χ2n) is 4.97. The zero-order valence-corrected chi connectivity index (χ0v) is 11.3. The Hall–Kier alpha value is -0.870. The highest BCUT2D eigenvalue weighted by Gasteiger charge is 2.51. The summed E-state index contributed by atoms with van der Waals surface area (Å²) in [4.78, 5) is 15.5. The van der Waals surface area contributed by atoms with Crippen LogP contribution in [0.1, 0.15) is 24.1 Å². The van der Waals surface area contributed by atoms with Gasteiger partial charge in [0.15, 0.2) is 0 Å². The molecule has 0 radical (unpaired) electrons. The smallest absolute Gasteiger partial charge is 0.231 e. The Labute approximate surface area is 107 Å². The highest BCUT2D eigenvalue weighted by Crippen LogP contribution is 2.50. The van der Waals surface area contributed by atoms with Gasteiger partial charge in [-0.25, -0.2) is 0 Å². The van der Waals surface area contributed by atoms with E-state index in [9.17, 15) is 4.79 Å². The minimum atomic E-state index is -0.174. The van der Waals surface area contributed by atoms with Crippen molar-refractivity contribution >= 4 is 17.2 Å². The maximum absolute atomic E-state index is 12.2. The number of nitrogens with zero attached hydrogens (tertiary/aromatic N) is 1. The van der Waals surface area contributed by atoms with Gasteiger partial charge in [-0.3, -0.25) is 4.79 Å². The Morgan fingerprint density at radius 1 is 1.53 bits per heavy atom. The Kier molecular flexibility index (Phi) is 3.84. The zero-order valence-electron chi connectivity index (χ0n) is 10.5. The number of amides is 1. The van der Waals surface area contributed by atoms with Crippen molar-refractivity contribution in [3.8, 4) is 0 Å². The van der Waals surface area contributed by atoms with Gasteiger partial charge in [-0.2, -0.15) is 0 Å². The molecule has 0 aromatic carbocycles. The fraction of sp³-hybridized carbons (Fsp3) is 0.615. The van der Waals surface area contributed by atoms with Crippen LogP contribution in [0.3, 0.4) is 0 Å². The number of rotatable bonds is 6. The molecule has 1 amide bonds. The van der Waals surface area contributed by atoms with Crippen LogP contribution >= 0.6 is 11.3 Å². The third-order valence-corrected chi connectivity index (χ3v) is 4.32. The Morgan fingerprint density at radius 2 is 2.29 bits per heavy atom. The second kappa shape index (κ2) is 5.19. The average molecular weight is 252 g/mol. The molecule has 1 aromatic heterocycles. The monoisotopic (exact) mass is 252 g/mol. The first kappa shape index (κ1) is 12.6. The molecule has 1 saturated carbocycles. The molecule has 1 aromatic rings. The highest BCUT2D eigenvalue weighted by molar-refractivity contribution is 7.10. The Bertz CT molecular complexity index is 369. The molecule has 1 aliphatic carbocycles. The van der Waals surface area contributed by atoms with Crippen molar-refractivity contribution in [2.45, 2.75) is 24.7 Å². The van der Waals surface area contributed by atoms with Crippen LogP contribution in [-0.2, 0) is 10.2 Å². The molecule has 0 saturated heterocycles. The summed E-state index contributed by atoms with van der Waals surface area (Å²) in [5, 5.41) is 5.12. The van der Waals surface area contributed by atoms with E-state index in [1.807, 2.05) is 6.07 Å². The van der Waals surface area contributed by atoms with Crippen LogP contribution in [0.5, 0.6) is 0 Å². The van der Waals surface area contributed by atoms with Gasteiger partial charge >= 0.3 is 0 Å². The van der Waals surface area contributed by atoms with Crippen LogP contribution < -0.4 is 5.32 Å². The Morgan fingerprint density at radius 3 is 2.82 bits per heavy atom. The summed E-state index contributed by atoms with van der Waals surface area (Å²) in [5.41, 5.74) is -0.174. The number of carbonyl (C=O) groups excluding carboxylic acids is 1. The molecular formula is C13H20N2OS. The number of thiophene rings is 1. The molecule has 17 heavy (non-hydrogen) atoms. The topological polar surface area (TPSA) is 32.3 Å². The molecule has 0 unspecified atom stereocenters. The molecule has 0 bridgehead atoms. The molecule has 0 spiro atoms. The van der Waals surface area contributed by atoms with Crippen molar-refractivity contribution in [2.75, 3.05) is 27.2 Å². The maximum Gasteiger partial charge on any atom is 0.231 e. The van der Waals surface area contributed by atoms with Crippen LogP contribution in [0.15, 0.2) is 17.5 Å². The third kappa shape index (κ3) is 2.87. The SMILES string of the molecule is CN(C)CCCNC(=O)C1(c2cccs2)CC1. The van der Waals surface area contributed by atoms with Crippen molar-refractivity contribution in [1.29, 1.82) is 0 Å². The minimum absolute atomic E-state index is 0.174. The van der Waals surface area contributed by atoms with Crippen molar-refractivity contribution in [3.05, 3.63) is 22.4 Å². The lowest BCUT2D eigenvalue weighted by atomic mass is 10.0. The average Bonchev–Trinajstić information content (AvgIpc) is 2.92. The zero-order chi connectivity index (χ0) is 12.3. The normalized spacial score (nSPS) is 17.1. The standard InChI is InChI=1S/C13H20N2OS/c1-15(2)9-4-8-14-12(16)13(6-7-13)11-5-3-10-17-11/h3,5,10H,4,6-9H2,1-2H3,(H,14,16). The van der Waals surface area contributed by atoms with Gasteiger partial charge in [0.1, 0.15) is 0 Å². The van der Waals surface area contributed by atoms with E-state index >= 15 is 0 Å². The fourth-order valence-electron chi connectivity index (χ4n) is 2.03. The van der Waals surface area contributed by atoms with Gasteiger partial charge in [0.25, 0.3) is 0 Å². The number of hydrogen-bond donors (Lipinski definition) is 1. The molecular weight excluding hydrogens is 232 g/mol. The lowest BCUT2D eigenvalue weighted by molar-refractivity contribution is -0.123. The van der Waals surface area contributed by atoms with Gasteiger partial charge in [0, 0.05) is 11.4 Å². The lowest BCUT2D eigenvalue weighted by Crippen LogP contribution is -2.35. The molecule has 3 nitrogen and oxygen atoms in total. The molecule has 2 rings (SSSR count). The van der Waals surface area contributed by atoms with Crippen LogP contribution in [-0.4, -0.2) is 38.0 Å². The molecule has 94 valence electrons. The number of hydrogen-bond acceptors (Lipinski definition) is 3. The predicted molar refractivity (Wildman–Crippen MR) is 71.4 cm³/mol. The first-order chi connectivity index (χ1) is 8.15. The van der Waals surface area contributed by atoms with Crippen LogP contribution in [0.4, 0.5) is 0 Å². The van der Waals surface area contributed by atoms with Gasteiger partial charge in [-0.05, 0) is 51.3 Å². The van der Waals surface area contributed by atoms with E-state index < -0.39 is 0 Å². The Balaban J connectivity index is 1.81. The molecule has 0 atom stereocenters. The lowest BCUT2D eigenvalue weighted by Gasteiger charge is -2.14. The minimum Gasteiger partial charge on any atom is -0.355 e. The third-order valence-electron chi connectivity index (χ3n) is 3.25. The highest BCUT2D eigenvalue weighted by atomic mass is 32.1. The van der Waals surface area contributed by atoms with E-state index in [1.54, 1.807) is 11.3 Å². The van der Waals surface area contributed by atoms with Crippen LogP contribution in [0, 0.1) is 0 Å².